The number of halogens is 2. The number of amides is 2. The molecule has 170 valence electrons. The van der Waals surface area contributed by atoms with Crippen molar-refractivity contribution in [3.05, 3.63) is 52.0 Å². The number of nitriles is 1. The monoisotopic (exact) mass is 512 g/mol. The van der Waals surface area contributed by atoms with E-state index in [4.69, 9.17) is 23.2 Å². The highest BCUT2D eigenvalue weighted by Crippen LogP contribution is 2.37. The number of hydrogen-bond acceptors (Lipinski definition) is 5. The van der Waals surface area contributed by atoms with E-state index < -0.39 is 10.0 Å². The molecule has 0 radical (unpaired) electrons. The molecule has 0 bridgehead atoms. The SMILES string of the molecule is CC(C)NC(=O)N1CCN(S(=O)(=O)c2cc(C#N)ccc2Sc2cc(Cl)cc(Cl)c2)CC1. The van der Waals surface area contributed by atoms with Gasteiger partial charge in [0.05, 0.1) is 16.5 Å². The Balaban J connectivity index is 1.87. The van der Waals surface area contributed by atoms with Gasteiger partial charge in [-0.1, -0.05) is 35.0 Å². The van der Waals surface area contributed by atoms with Gasteiger partial charge in [0.25, 0.3) is 0 Å². The molecule has 3 rings (SSSR count). The standard InChI is InChI=1S/C21H22Cl2N4O3S2/c1-14(2)25-21(28)26-5-7-27(8-6-26)32(29,30)20-9-15(13-24)3-4-19(20)31-18-11-16(22)10-17(23)12-18/h3-4,9-12,14H,5-8H2,1-2H3,(H,25,28). The second kappa shape index (κ2) is 10.3. The first kappa shape index (κ1) is 24.7. The lowest BCUT2D eigenvalue weighted by molar-refractivity contribution is 0.170. The first-order valence-corrected chi connectivity index (χ1v) is 12.8. The molecule has 0 atom stereocenters. The van der Waals surface area contributed by atoms with Crippen molar-refractivity contribution >= 4 is 51.0 Å². The van der Waals surface area contributed by atoms with E-state index in [9.17, 15) is 18.5 Å². The summed E-state index contributed by atoms with van der Waals surface area (Å²) >= 11 is 13.4. The molecule has 1 saturated heterocycles. The highest BCUT2D eigenvalue weighted by molar-refractivity contribution is 8.00. The maximum atomic E-state index is 13.5. The summed E-state index contributed by atoms with van der Waals surface area (Å²) < 4.78 is 28.3. The highest BCUT2D eigenvalue weighted by Gasteiger charge is 2.32. The van der Waals surface area contributed by atoms with Gasteiger partial charge in [0.1, 0.15) is 0 Å². The number of nitrogens with zero attached hydrogens (tertiary/aromatic N) is 3. The maximum Gasteiger partial charge on any atom is 0.317 e. The molecule has 1 aliphatic heterocycles. The van der Waals surface area contributed by atoms with Crippen LogP contribution in [0, 0.1) is 11.3 Å². The number of urea groups is 1. The van der Waals surface area contributed by atoms with Crippen LogP contribution in [0.5, 0.6) is 0 Å². The molecule has 7 nitrogen and oxygen atoms in total. The predicted octanol–water partition coefficient (Wildman–Crippen LogP) is 4.44. The van der Waals surface area contributed by atoms with E-state index in [-0.39, 0.29) is 48.7 Å². The number of benzene rings is 2. The zero-order valence-electron chi connectivity index (χ0n) is 17.5. The van der Waals surface area contributed by atoms with E-state index in [1.807, 2.05) is 19.9 Å². The molecule has 1 N–H and O–H groups in total. The largest absolute Gasteiger partial charge is 0.336 e. The third-order valence-electron chi connectivity index (χ3n) is 4.69. The Hall–Kier alpha value is -1.96. The van der Waals surface area contributed by atoms with Crippen LogP contribution in [0.15, 0.2) is 51.1 Å². The van der Waals surface area contributed by atoms with Crippen molar-refractivity contribution in [1.29, 1.82) is 5.26 Å². The quantitative estimate of drug-likeness (QED) is 0.638. The summed E-state index contributed by atoms with van der Waals surface area (Å²) in [5.41, 5.74) is 0.243. The summed E-state index contributed by atoms with van der Waals surface area (Å²) in [5, 5.41) is 13.0. The Morgan fingerprint density at radius 2 is 1.72 bits per heavy atom. The number of piperazine rings is 1. The number of hydrogen-bond donors (Lipinski definition) is 1. The minimum absolute atomic E-state index is 0.00226. The molecule has 2 aromatic carbocycles. The number of carbonyl (C=O) groups excluding carboxylic acids is 1. The molecular weight excluding hydrogens is 491 g/mol. The second-order valence-corrected chi connectivity index (χ2v) is 11.4. The van der Waals surface area contributed by atoms with Gasteiger partial charge in [-0.2, -0.15) is 9.57 Å². The molecule has 0 saturated carbocycles. The van der Waals surface area contributed by atoms with Gasteiger partial charge in [0, 0.05) is 52.1 Å². The van der Waals surface area contributed by atoms with Crippen molar-refractivity contribution in [2.45, 2.75) is 34.6 Å². The van der Waals surface area contributed by atoms with E-state index in [2.05, 4.69) is 5.32 Å². The fourth-order valence-electron chi connectivity index (χ4n) is 3.19. The Morgan fingerprint density at radius 1 is 1.09 bits per heavy atom. The zero-order chi connectivity index (χ0) is 23.5. The molecule has 32 heavy (non-hydrogen) atoms. The van der Waals surface area contributed by atoms with Gasteiger partial charge in [0.15, 0.2) is 0 Å². The van der Waals surface area contributed by atoms with Gasteiger partial charge in [0.2, 0.25) is 10.0 Å². The van der Waals surface area contributed by atoms with Crippen LogP contribution in [0.4, 0.5) is 4.79 Å². The van der Waals surface area contributed by atoms with Crippen LogP contribution in [0.3, 0.4) is 0 Å². The smallest absolute Gasteiger partial charge is 0.317 e. The van der Waals surface area contributed by atoms with Crippen molar-refractivity contribution < 1.29 is 13.2 Å². The van der Waals surface area contributed by atoms with E-state index in [1.54, 1.807) is 35.2 Å². The van der Waals surface area contributed by atoms with Crippen molar-refractivity contribution in [2.24, 2.45) is 0 Å². The Morgan fingerprint density at radius 3 is 2.28 bits per heavy atom. The molecule has 0 unspecified atom stereocenters. The summed E-state index contributed by atoms with van der Waals surface area (Å²) in [4.78, 5) is 15.0. The first-order valence-electron chi connectivity index (χ1n) is 9.84. The Bertz CT molecular complexity index is 1140. The van der Waals surface area contributed by atoms with Gasteiger partial charge in [-0.05, 0) is 50.2 Å². The molecule has 1 aliphatic rings. The third-order valence-corrected chi connectivity index (χ3v) is 8.24. The Labute approximate surface area is 202 Å². The van der Waals surface area contributed by atoms with E-state index >= 15 is 0 Å². The summed E-state index contributed by atoms with van der Waals surface area (Å²) in [6.07, 6.45) is 0. The summed E-state index contributed by atoms with van der Waals surface area (Å²) in [6, 6.07) is 11.3. The van der Waals surface area contributed by atoms with E-state index in [1.165, 1.54) is 22.1 Å². The molecule has 11 heteroatoms. The predicted molar refractivity (Wildman–Crippen MR) is 126 cm³/mol. The highest BCUT2D eigenvalue weighted by atomic mass is 35.5. The van der Waals surface area contributed by atoms with Crippen LogP contribution in [0.1, 0.15) is 19.4 Å². The molecule has 1 fully saturated rings. The normalized spacial score (nSPS) is 14.9. The molecule has 2 amide bonds. The van der Waals surface area contributed by atoms with Gasteiger partial charge >= 0.3 is 6.03 Å². The molecule has 0 aliphatic carbocycles. The molecular formula is C21H22Cl2N4O3S2. The number of carbonyl (C=O) groups is 1. The third kappa shape index (κ3) is 5.88. The van der Waals surface area contributed by atoms with Crippen LogP contribution >= 0.6 is 35.0 Å². The topological polar surface area (TPSA) is 93.5 Å². The van der Waals surface area contributed by atoms with Crippen LogP contribution < -0.4 is 5.32 Å². The van der Waals surface area contributed by atoms with Crippen molar-refractivity contribution in [2.75, 3.05) is 26.2 Å². The van der Waals surface area contributed by atoms with Gasteiger partial charge in [-0.25, -0.2) is 13.2 Å². The molecule has 0 aromatic heterocycles. The van der Waals surface area contributed by atoms with Gasteiger partial charge < -0.3 is 10.2 Å². The van der Waals surface area contributed by atoms with Gasteiger partial charge in [-0.3, -0.25) is 0 Å². The van der Waals surface area contributed by atoms with E-state index in [0.29, 0.717) is 19.8 Å². The van der Waals surface area contributed by atoms with Crippen LogP contribution in [0.2, 0.25) is 10.0 Å². The van der Waals surface area contributed by atoms with Crippen LogP contribution in [0.25, 0.3) is 0 Å². The lowest BCUT2D eigenvalue weighted by Crippen LogP contribution is -2.54. The van der Waals surface area contributed by atoms with E-state index in [0.717, 1.165) is 0 Å². The average molecular weight is 513 g/mol. The summed E-state index contributed by atoms with van der Waals surface area (Å²) in [7, 11) is -3.90. The van der Waals surface area contributed by atoms with Crippen molar-refractivity contribution in [3.8, 4) is 6.07 Å². The lowest BCUT2D eigenvalue weighted by Gasteiger charge is -2.34. The van der Waals surface area contributed by atoms with Crippen LogP contribution in [-0.2, 0) is 10.0 Å². The van der Waals surface area contributed by atoms with Crippen molar-refractivity contribution in [3.63, 3.8) is 0 Å². The fraction of sp³-hybridized carbons (Fsp3) is 0.333. The number of nitrogens with one attached hydrogen (secondary N) is 1. The van der Waals surface area contributed by atoms with Crippen molar-refractivity contribution in [1.82, 2.24) is 14.5 Å². The number of sulfonamides is 1. The van der Waals surface area contributed by atoms with Crippen LogP contribution in [-0.4, -0.2) is 55.9 Å². The first-order chi connectivity index (χ1) is 15.1. The molecule has 2 aromatic rings. The zero-order valence-corrected chi connectivity index (χ0v) is 20.7. The average Bonchev–Trinajstić information content (AvgIpc) is 2.73. The minimum atomic E-state index is -3.90. The second-order valence-electron chi connectivity index (χ2n) is 7.48. The lowest BCUT2D eigenvalue weighted by atomic mass is 10.2. The molecule has 0 spiro atoms. The Kier molecular flexibility index (Phi) is 7.96. The fourth-order valence-corrected chi connectivity index (χ4v) is 6.72. The summed E-state index contributed by atoms with van der Waals surface area (Å²) in [5.74, 6) is 0. The maximum absolute atomic E-state index is 13.5. The minimum Gasteiger partial charge on any atom is -0.336 e. The summed E-state index contributed by atoms with van der Waals surface area (Å²) in [6.45, 7) is 4.62. The van der Waals surface area contributed by atoms with Gasteiger partial charge in [-0.15, -0.1) is 0 Å². The molecule has 1 heterocycles. The number of rotatable bonds is 5.